The summed E-state index contributed by atoms with van der Waals surface area (Å²) >= 11 is 1.60. The number of hydrogen-bond donors (Lipinski definition) is 3. The van der Waals surface area contributed by atoms with Crippen LogP contribution in [0.2, 0.25) is 0 Å². The average molecular weight is 581 g/mol. The number of anilines is 1. The van der Waals surface area contributed by atoms with Crippen molar-refractivity contribution in [1.29, 1.82) is 0 Å². The Bertz CT molecular complexity index is 1530. The number of esters is 1. The van der Waals surface area contributed by atoms with Crippen LogP contribution in [-0.2, 0) is 36.1 Å². The number of ether oxygens (including phenoxy) is 3. The summed E-state index contributed by atoms with van der Waals surface area (Å²) in [5, 5.41) is 5.17. The number of H-pyrrole nitrogens is 1. The molecule has 5 rings (SSSR count). The van der Waals surface area contributed by atoms with Gasteiger partial charge in [0.2, 0.25) is 5.95 Å². The van der Waals surface area contributed by atoms with E-state index in [1.54, 1.807) is 56.5 Å². The van der Waals surface area contributed by atoms with Gasteiger partial charge in [-0.25, -0.2) is 19.3 Å². The van der Waals surface area contributed by atoms with Gasteiger partial charge in [0.05, 0.1) is 42.9 Å². The van der Waals surface area contributed by atoms with E-state index < -0.39 is 28.9 Å². The molecule has 4 N–H and O–H groups in total. The van der Waals surface area contributed by atoms with Gasteiger partial charge < -0.3 is 30.2 Å². The molecule has 13 heteroatoms. The van der Waals surface area contributed by atoms with E-state index in [-0.39, 0.29) is 25.1 Å². The highest BCUT2D eigenvalue weighted by atomic mass is 32.1. The summed E-state index contributed by atoms with van der Waals surface area (Å²) in [5.41, 5.74) is 6.35. The lowest BCUT2D eigenvalue weighted by Gasteiger charge is -2.40. The third kappa shape index (κ3) is 5.82. The van der Waals surface area contributed by atoms with Crippen LogP contribution in [0.4, 0.5) is 10.3 Å². The molecule has 1 aliphatic heterocycles. The molecule has 1 aliphatic rings. The van der Waals surface area contributed by atoms with Crippen LogP contribution in [0.3, 0.4) is 0 Å². The third-order valence-corrected chi connectivity index (χ3v) is 7.27. The van der Waals surface area contributed by atoms with Crippen LogP contribution < -0.4 is 11.1 Å². The van der Waals surface area contributed by atoms with Gasteiger partial charge in [-0.3, -0.25) is 9.59 Å². The van der Waals surface area contributed by atoms with E-state index in [1.165, 1.54) is 12.1 Å². The molecule has 3 aromatic heterocycles. The monoisotopic (exact) mass is 580 g/mol. The van der Waals surface area contributed by atoms with Crippen LogP contribution in [0.5, 0.6) is 0 Å². The Labute approximate surface area is 239 Å². The molecule has 41 heavy (non-hydrogen) atoms. The Morgan fingerprint density at radius 3 is 2.54 bits per heavy atom. The molecule has 1 saturated heterocycles. The summed E-state index contributed by atoms with van der Waals surface area (Å²) < 4.78 is 30.9. The molecule has 0 bridgehead atoms. The molecular weight excluding hydrogens is 551 g/mol. The van der Waals surface area contributed by atoms with Gasteiger partial charge in [0, 0.05) is 16.6 Å². The second-order valence-electron chi connectivity index (χ2n) is 10.1. The normalized spacial score (nSPS) is 20.6. The van der Waals surface area contributed by atoms with Crippen molar-refractivity contribution in [2.24, 2.45) is 11.1 Å². The summed E-state index contributed by atoms with van der Waals surface area (Å²) in [6.07, 6.45) is 1.24. The van der Waals surface area contributed by atoms with E-state index in [0.29, 0.717) is 35.1 Å². The maximum atomic E-state index is 13.8. The van der Waals surface area contributed by atoms with Gasteiger partial charge in [-0.05, 0) is 62.5 Å². The summed E-state index contributed by atoms with van der Waals surface area (Å²) in [6.45, 7) is 5.19. The third-order valence-electron chi connectivity index (χ3n) is 6.39. The van der Waals surface area contributed by atoms with Crippen molar-refractivity contribution in [3.63, 3.8) is 0 Å². The Kier molecular flexibility index (Phi) is 7.84. The number of thiophene rings is 1. The lowest BCUT2D eigenvalue weighted by molar-refractivity contribution is -0.294. The van der Waals surface area contributed by atoms with E-state index in [0.717, 1.165) is 4.88 Å². The van der Waals surface area contributed by atoms with Gasteiger partial charge in [0.25, 0.3) is 5.91 Å². The summed E-state index contributed by atoms with van der Waals surface area (Å²) in [6, 6.07) is 11.3. The summed E-state index contributed by atoms with van der Waals surface area (Å²) in [4.78, 5) is 43.3. The fourth-order valence-corrected chi connectivity index (χ4v) is 4.81. The summed E-state index contributed by atoms with van der Waals surface area (Å²) in [7, 11) is 0. The second-order valence-corrected chi connectivity index (χ2v) is 11.1. The number of carbonyl (C=O) groups is 2. The van der Waals surface area contributed by atoms with Crippen molar-refractivity contribution < 1.29 is 28.2 Å². The quantitative estimate of drug-likeness (QED) is 0.249. The number of nitrogens with two attached hydrogens (primary N) is 1. The van der Waals surface area contributed by atoms with Gasteiger partial charge in [-0.2, -0.15) is 0 Å². The van der Waals surface area contributed by atoms with Crippen molar-refractivity contribution in [1.82, 2.24) is 19.9 Å². The number of nitrogens with zero attached hydrogens (tertiary/aromatic N) is 3. The lowest BCUT2D eigenvalue weighted by atomic mass is 9.91. The average Bonchev–Trinajstić information content (AvgIpc) is 3.64. The zero-order valence-corrected chi connectivity index (χ0v) is 23.5. The molecule has 1 fully saturated rings. The van der Waals surface area contributed by atoms with Gasteiger partial charge in [-0.15, -0.1) is 11.3 Å². The minimum Gasteiger partial charge on any atom is -0.462 e. The van der Waals surface area contributed by atoms with E-state index in [2.05, 4.69) is 25.3 Å². The number of rotatable bonds is 9. The number of nitrogens with one attached hydrogen (secondary N) is 2. The van der Waals surface area contributed by atoms with Crippen molar-refractivity contribution in [2.45, 2.75) is 39.2 Å². The molecule has 1 amide bonds. The molecule has 0 atom stereocenters. The fourth-order valence-electron chi connectivity index (χ4n) is 4.17. The van der Waals surface area contributed by atoms with Crippen molar-refractivity contribution in [3.05, 3.63) is 70.6 Å². The van der Waals surface area contributed by atoms with Crippen LogP contribution in [0.25, 0.3) is 22.6 Å². The van der Waals surface area contributed by atoms with Crippen molar-refractivity contribution in [2.75, 3.05) is 18.5 Å². The minimum atomic E-state index is -2.13. The van der Waals surface area contributed by atoms with Crippen molar-refractivity contribution in [3.8, 4) is 22.6 Å². The van der Waals surface area contributed by atoms with Crippen LogP contribution in [0, 0.1) is 11.2 Å². The van der Waals surface area contributed by atoms with Gasteiger partial charge in [-0.1, -0.05) is 6.07 Å². The van der Waals surface area contributed by atoms with E-state index >= 15 is 0 Å². The first-order valence-corrected chi connectivity index (χ1v) is 13.7. The number of imidazole rings is 1. The highest BCUT2D eigenvalue weighted by Gasteiger charge is 2.54. The molecule has 1 aromatic carbocycles. The first kappa shape index (κ1) is 28.3. The maximum absolute atomic E-state index is 13.8. The standard InChI is InChI=1S/C28H29FN6O5S/c1-16(2)40-25(37)27(3)14-38-28(23(30)36,39-15-27)24-34-21(17-6-8-18(29)9-7-17)22(35-24)20-10-11-31-26(33-20)32-13-19-5-4-12-41-19/h4-12,16H,13-15H2,1-3H3,(H2,30,36)(H,34,35)(H,31,32,33). The zero-order valence-electron chi connectivity index (χ0n) is 22.6. The predicted molar refractivity (Wildman–Crippen MR) is 149 cm³/mol. The Balaban J connectivity index is 1.52. The molecule has 11 nitrogen and oxygen atoms in total. The number of halogens is 1. The van der Waals surface area contributed by atoms with Gasteiger partial charge >= 0.3 is 11.8 Å². The van der Waals surface area contributed by atoms with Crippen LogP contribution in [0.15, 0.2) is 54.0 Å². The molecule has 4 aromatic rings. The molecule has 4 heterocycles. The first-order valence-electron chi connectivity index (χ1n) is 12.8. The Hall–Kier alpha value is -4.20. The smallest absolute Gasteiger partial charge is 0.316 e. The van der Waals surface area contributed by atoms with E-state index in [4.69, 9.17) is 19.9 Å². The van der Waals surface area contributed by atoms with Gasteiger partial charge in [0.15, 0.2) is 5.82 Å². The minimum absolute atomic E-state index is 0.0506. The zero-order chi connectivity index (χ0) is 29.2. The van der Waals surface area contributed by atoms with E-state index in [1.807, 2.05) is 17.5 Å². The highest BCUT2D eigenvalue weighted by molar-refractivity contribution is 7.09. The Morgan fingerprint density at radius 2 is 1.90 bits per heavy atom. The number of aromatic nitrogens is 4. The molecule has 0 saturated carbocycles. The fraction of sp³-hybridized carbons (Fsp3) is 0.321. The first-order chi connectivity index (χ1) is 19.6. The maximum Gasteiger partial charge on any atom is 0.316 e. The van der Waals surface area contributed by atoms with Crippen molar-refractivity contribution >= 4 is 29.2 Å². The number of amides is 1. The molecular formula is C28H29FN6O5S. The highest BCUT2D eigenvalue weighted by Crippen LogP contribution is 2.39. The number of benzene rings is 1. The predicted octanol–water partition coefficient (Wildman–Crippen LogP) is 3.99. The topological polar surface area (TPSA) is 154 Å². The van der Waals surface area contributed by atoms with Crippen LogP contribution in [0.1, 0.15) is 31.5 Å². The Morgan fingerprint density at radius 1 is 1.17 bits per heavy atom. The molecule has 0 aliphatic carbocycles. The SMILES string of the molecule is CC(C)OC(=O)C1(C)COC(C(N)=O)(c2nc(-c3ccc(F)cc3)c(-c3ccnc(NCc4cccs4)n3)[nH]2)OC1. The van der Waals surface area contributed by atoms with E-state index in [9.17, 15) is 14.0 Å². The van der Waals surface area contributed by atoms with Crippen LogP contribution >= 0.6 is 11.3 Å². The molecule has 214 valence electrons. The number of hydrogen-bond acceptors (Lipinski definition) is 10. The lowest BCUT2D eigenvalue weighted by Crippen LogP contribution is -2.56. The van der Waals surface area contributed by atoms with Crippen LogP contribution in [-0.4, -0.2) is 51.1 Å². The molecule has 0 spiro atoms. The van der Waals surface area contributed by atoms with Gasteiger partial charge in [0.1, 0.15) is 11.2 Å². The second kappa shape index (κ2) is 11.4. The summed E-state index contributed by atoms with van der Waals surface area (Å²) in [5.74, 6) is -3.73. The largest absolute Gasteiger partial charge is 0.462 e. The molecule has 0 unspecified atom stereocenters. The number of primary amides is 1. The molecule has 0 radical (unpaired) electrons. The number of aromatic amines is 1. The number of carbonyl (C=O) groups excluding carboxylic acids is 2.